The van der Waals surface area contributed by atoms with E-state index in [1.807, 2.05) is 6.92 Å². The predicted molar refractivity (Wildman–Crippen MR) is 115 cm³/mol. The van der Waals surface area contributed by atoms with Crippen molar-refractivity contribution in [2.24, 2.45) is 0 Å². The maximum absolute atomic E-state index is 14.5. The lowest BCUT2D eigenvalue weighted by atomic mass is 10.1. The highest BCUT2D eigenvalue weighted by molar-refractivity contribution is 7.06. The van der Waals surface area contributed by atoms with Crippen LogP contribution in [0.3, 0.4) is 0 Å². The van der Waals surface area contributed by atoms with Gasteiger partial charge in [0.2, 0.25) is 11.8 Å². The molecule has 0 saturated carbocycles. The molecule has 3 aromatic rings. The molecule has 182 valence electrons. The first-order chi connectivity index (χ1) is 16.2. The molecule has 1 unspecified atom stereocenters. The van der Waals surface area contributed by atoms with Crippen LogP contribution >= 0.6 is 11.5 Å². The normalized spacial score (nSPS) is 12.3. The van der Waals surface area contributed by atoms with Crippen LogP contribution in [0.5, 0.6) is 11.8 Å². The molecule has 0 N–H and O–H groups in total. The quantitative estimate of drug-likeness (QED) is 0.199. The predicted octanol–water partition coefficient (Wildman–Crippen LogP) is 5.78. The van der Waals surface area contributed by atoms with Crippen LogP contribution < -0.4 is 9.47 Å². The number of nitrogens with zero attached hydrogens (tertiary/aromatic N) is 3. The van der Waals surface area contributed by atoms with Crippen LogP contribution in [-0.4, -0.2) is 39.7 Å². The van der Waals surface area contributed by atoms with E-state index >= 15 is 0 Å². The second kappa shape index (κ2) is 11.2. The first-order valence-electron chi connectivity index (χ1n) is 10.3. The maximum atomic E-state index is 14.5. The van der Waals surface area contributed by atoms with Crippen LogP contribution in [0.15, 0.2) is 36.7 Å². The number of unbranched alkanes of at least 4 members (excludes halogenated alkanes) is 1. The summed E-state index contributed by atoms with van der Waals surface area (Å²) in [5.74, 6) is -1.62. The highest BCUT2D eigenvalue weighted by Crippen LogP contribution is 2.29. The van der Waals surface area contributed by atoms with E-state index in [1.54, 1.807) is 19.1 Å². The number of rotatable bonds is 10. The van der Waals surface area contributed by atoms with Gasteiger partial charge in [-0.15, -0.1) is 0 Å². The van der Waals surface area contributed by atoms with Gasteiger partial charge in [-0.25, -0.2) is 19.2 Å². The summed E-state index contributed by atoms with van der Waals surface area (Å²) in [5.41, 5.74) is 0.818. The van der Waals surface area contributed by atoms with Crippen molar-refractivity contribution in [2.75, 3.05) is 13.2 Å². The second-order valence-corrected chi connectivity index (χ2v) is 7.99. The van der Waals surface area contributed by atoms with Crippen LogP contribution in [0.25, 0.3) is 11.3 Å². The molecule has 0 radical (unpaired) electrons. The van der Waals surface area contributed by atoms with Gasteiger partial charge >= 0.3 is 12.1 Å². The minimum atomic E-state index is -4.48. The lowest BCUT2D eigenvalue weighted by Crippen LogP contribution is -2.19. The molecule has 0 bridgehead atoms. The van der Waals surface area contributed by atoms with Crippen LogP contribution in [0.4, 0.5) is 17.6 Å². The summed E-state index contributed by atoms with van der Waals surface area (Å²) in [7, 11) is 0. The number of hydrogen-bond donors (Lipinski definition) is 0. The molecule has 0 aliphatic heterocycles. The van der Waals surface area contributed by atoms with Gasteiger partial charge in [-0.1, -0.05) is 19.4 Å². The Balaban J connectivity index is 1.62. The van der Waals surface area contributed by atoms with E-state index in [1.165, 1.54) is 12.1 Å². The number of hydrogen-bond acceptors (Lipinski definition) is 8. The lowest BCUT2D eigenvalue weighted by Gasteiger charge is -2.12. The van der Waals surface area contributed by atoms with Crippen LogP contribution in [0.2, 0.25) is 0 Å². The SMILES string of the molecule is CCCCOC(=O)c1ccc(-c2cc(C(C)Oc3cnc(OCC(F)(F)F)cn3)sn2)cc1F. The summed E-state index contributed by atoms with van der Waals surface area (Å²) in [4.78, 5) is 20.3. The van der Waals surface area contributed by atoms with E-state index in [2.05, 4.69) is 19.1 Å². The van der Waals surface area contributed by atoms with Gasteiger partial charge in [-0.05, 0) is 43.1 Å². The fourth-order valence-electron chi connectivity index (χ4n) is 2.68. The summed E-state index contributed by atoms with van der Waals surface area (Å²) in [6.07, 6.45) is -1.25. The molecule has 34 heavy (non-hydrogen) atoms. The average Bonchev–Trinajstić information content (AvgIpc) is 3.29. The molecule has 1 aromatic carbocycles. The Labute approximate surface area is 196 Å². The van der Waals surface area contributed by atoms with E-state index in [0.29, 0.717) is 22.6 Å². The third-order valence-corrected chi connectivity index (χ3v) is 5.38. The second-order valence-electron chi connectivity index (χ2n) is 7.16. The highest BCUT2D eigenvalue weighted by Gasteiger charge is 2.28. The summed E-state index contributed by atoms with van der Waals surface area (Å²) in [6, 6.07) is 5.86. The van der Waals surface area contributed by atoms with Crippen molar-refractivity contribution in [2.45, 2.75) is 39.0 Å². The first kappa shape index (κ1) is 25.3. The van der Waals surface area contributed by atoms with Crippen LogP contribution in [-0.2, 0) is 4.74 Å². The molecular weight excluding hydrogens is 478 g/mol. The minimum absolute atomic E-state index is 0.0822. The fourth-order valence-corrected chi connectivity index (χ4v) is 3.40. The molecule has 0 fully saturated rings. The Morgan fingerprint density at radius 2 is 1.88 bits per heavy atom. The zero-order valence-corrected chi connectivity index (χ0v) is 19.1. The van der Waals surface area contributed by atoms with Gasteiger partial charge in [0.1, 0.15) is 11.9 Å². The van der Waals surface area contributed by atoms with Crippen molar-refractivity contribution < 1.29 is 36.6 Å². The number of carbonyl (C=O) groups is 1. The lowest BCUT2D eigenvalue weighted by molar-refractivity contribution is -0.154. The summed E-state index contributed by atoms with van der Waals surface area (Å²) in [6.45, 7) is 2.45. The molecule has 12 heteroatoms. The topological polar surface area (TPSA) is 83.4 Å². The van der Waals surface area contributed by atoms with E-state index in [4.69, 9.17) is 9.47 Å². The summed E-state index contributed by atoms with van der Waals surface area (Å²) >= 11 is 1.13. The number of benzene rings is 1. The minimum Gasteiger partial charge on any atom is -0.468 e. The molecule has 0 spiro atoms. The maximum Gasteiger partial charge on any atom is 0.422 e. The molecule has 1 atom stereocenters. The van der Waals surface area contributed by atoms with Crippen LogP contribution in [0, 0.1) is 5.82 Å². The van der Waals surface area contributed by atoms with E-state index in [-0.39, 0.29) is 23.9 Å². The standard InChI is InChI=1S/C22H21F4N3O4S/c1-3-4-7-31-21(30)15-6-5-14(8-16(15)23)17-9-18(34-29-17)13(2)33-20-11-27-19(10-28-20)32-12-22(24,25)26/h5-6,8-11,13H,3-4,7,12H2,1-2H3. The van der Waals surface area contributed by atoms with Gasteiger partial charge in [0, 0.05) is 5.56 Å². The summed E-state index contributed by atoms with van der Waals surface area (Å²) in [5, 5.41) is 0. The number of esters is 1. The molecule has 2 aromatic heterocycles. The van der Waals surface area contributed by atoms with Gasteiger partial charge < -0.3 is 14.2 Å². The monoisotopic (exact) mass is 499 g/mol. The van der Waals surface area contributed by atoms with Gasteiger partial charge in [0.05, 0.1) is 35.1 Å². The number of halogens is 4. The Kier molecular flexibility index (Phi) is 8.37. The van der Waals surface area contributed by atoms with Crippen molar-refractivity contribution in [1.82, 2.24) is 14.3 Å². The molecule has 0 saturated heterocycles. The molecule has 0 amide bonds. The van der Waals surface area contributed by atoms with E-state index in [9.17, 15) is 22.4 Å². The Morgan fingerprint density at radius 3 is 2.53 bits per heavy atom. The van der Waals surface area contributed by atoms with E-state index < -0.39 is 30.7 Å². The average molecular weight is 499 g/mol. The number of aromatic nitrogens is 3. The molecule has 3 rings (SSSR count). The van der Waals surface area contributed by atoms with Crippen molar-refractivity contribution in [1.29, 1.82) is 0 Å². The summed E-state index contributed by atoms with van der Waals surface area (Å²) < 4.78 is 70.6. The van der Waals surface area contributed by atoms with Crippen molar-refractivity contribution >= 4 is 17.5 Å². The highest BCUT2D eigenvalue weighted by atomic mass is 32.1. The third kappa shape index (κ3) is 7.11. The Hall–Kier alpha value is -3.28. The van der Waals surface area contributed by atoms with Crippen molar-refractivity contribution in [3.63, 3.8) is 0 Å². The number of alkyl halides is 3. The zero-order valence-electron chi connectivity index (χ0n) is 18.3. The van der Waals surface area contributed by atoms with Gasteiger partial charge in [-0.3, -0.25) is 0 Å². The van der Waals surface area contributed by atoms with Crippen molar-refractivity contribution in [3.05, 3.63) is 52.9 Å². The van der Waals surface area contributed by atoms with Crippen molar-refractivity contribution in [3.8, 4) is 23.0 Å². The Bertz CT molecular complexity index is 1110. The Morgan fingerprint density at radius 1 is 1.15 bits per heavy atom. The van der Waals surface area contributed by atoms with Gasteiger partial charge in [0.25, 0.3) is 0 Å². The molecule has 0 aliphatic rings. The van der Waals surface area contributed by atoms with Gasteiger partial charge in [-0.2, -0.15) is 17.5 Å². The third-order valence-electron chi connectivity index (χ3n) is 4.43. The molecule has 2 heterocycles. The van der Waals surface area contributed by atoms with Crippen LogP contribution in [0.1, 0.15) is 48.0 Å². The number of ether oxygens (including phenoxy) is 3. The molecule has 7 nitrogen and oxygen atoms in total. The smallest absolute Gasteiger partial charge is 0.422 e. The largest absolute Gasteiger partial charge is 0.468 e. The molecular formula is C22H21F4N3O4S. The van der Waals surface area contributed by atoms with Gasteiger partial charge in [0.15, 0.2) is 6.61 Å². The first-order valence-corrected chi connectivity index (χ1v) is 11.1. The van der Waals surface area contributed by atoms with E-state index in [0.717, 1.165) is 30.3 Å². The fraction of sp³-hybridized carbons (Fsp3) is 0.364. The number of carbonyl (C=O) groups excluding carboxylic acids is 1. The molecule has 0 aliphatic carbocycles. The zero-order chi connectivity index (χ0) is 24.7.